The predicted octanol–water partition coefficient (Wildman–Crippen LogP) is 3.84. The zero-order valence-corrected chi connectivity index (χ0v) is 19.5. The van der Waals surface area contributed by atoms with Crippen LogP contribution in [0.4, 0.5) is 0 Å². The van der Waals surface area contributed by atoms with Gasteiger partial charge >= 0.3 is 11.9 Å². The number of rotatable bonds is 8. The highest BCUT2D eigenvalue weighted by Gasteiger charge is 2.81. The lowest BCUT2D eigenvalue weighted by atomic mass is 9.99. The van der Waals surface area contributed by atoms with E-state index in [0.717, 1.165) is 0 Å². The summed E-state index contributed by atoms with van der Waals surface area (Å²) in [5.41, 5.74) is -1.17. The number of carbonyl (C=O) groups is 2. The molecule has 1 heterocycles. The van der Waals surface area contributed by atoms with Crippen molar-refractivity contribution in [1.29, 1.82) is 0 Å². The van der Waals surface area contributed by atoms with E-state index < -0.39 is 30.8 Å². The maximum atomic E-state index is 15.1. The number of hydrogen-bond donors (Lipinski definition) is 0. The van der Waals surface area contributed by atoms with Crippen molar-refractivity contribution in [3.8, 4) is 0 Å². The summed E-state index contributed by atoms with van der Waals surface area (Å²) < 4.78 is 27.4. The van der Waals surface area contributed by atoms with E-state index in [1.165, 1.54) is 4.67 Å². The topological polar surface area (TPSA) is 72.7 Å². The zero-order chi connectivity index (χ0) is 23.5. The van der Waals surface area contributed by atoms with Crippen molar-refractivity contribution in [2.24, 2.45) is 0 Å². The van der Waals surface area contributed by atoms with Crippen LogP contribution in [-0.4, -0.2) is 35.4 Å². The van der Waals surface area contributed by atoms with Crippen LogP contribution < -0.4 is 10.6 Å². The summed E-state index contributed by atoms with van der Waals surface area (Å²) in [5, 5.41) is 1.04. The fraction of sp³-hybridized carbons (Fsp3) is 0.231. The number of nitrogens with zero attached hydrogens (tertiary/aromatic N) is 1. The SMILES string of the molecule is CCOC(=O)C1(C(=O)OCC)C(c2ccccc2)N1P(=O)(c1ccccc1)c1ccccc1. The van der Waals surface area contributed by atoms with E-state index in [0.29, 0.717) is 16.2 Å². The molecule has 6 nitrogen and oxygen atoms in total. The fourth-order valence-electron chi connectivity index (χ4n) is 4.32. The molecule has 1 aliphatic heterocycles. The second kappa shape index (κ2) is 9.34. The fourth-order valence-corrected chi connectivity index (χ4v) is 7.55. The summed E-state index contributed by atoms with van der Waals surface area (Å²) in [6.07, 6.45) is 0. The van der Waals surface area contributed by atoms with Crippen LogP contribution in [0.3, 0.4) is 0 Å². The molecular formula is C26H26NO5P. The Morgan fingerprint density at radius 2 is 1.15 bits per heavy atom. The molecule has 0 bridgehead atoms. The maximum absolute atomic E-state index is 15.1. The van der Waals surface area contributed by atoms with Crippen molar-refractivity contribution in [2.75, 3.05) is 13.2 Å². The minimum absolute atomic E-state index is 0.0797. The minimum atomic E-state index is -3.65. The van der Waals surface area contributed by atoms with Crippen molar-refractivity contribution in [1.82, 2.24) is 4.67 Å². The van der Waals surface area contributed by atoms with Gasteiger partial charge in [0.2, 0.25) is 12.8 Å². The number of carbonyl (C=O) groups excluding carboxylic acids is 2. The molecule has 0 amide bonds. The highest BCUT2D eigenvalue weighted by Crippen LogP contribution is 2.70. The molecule has 33 heavy (non-hydrogen) atoms. The Bertz CT molecular complexity index is 1110. The van der Waals surface area contributed by atoms with Crippen LogP contribution in [0.5, 0.6) is 0 Å². The molecule has 7 heteroatoms. The Hall–Kier alpha value is -3.21. The first-order valence-corrected chi connectivity index (χ1v) is 12.6. The summed E-state index contributed by atoms with van der Waals surface area (Å²) >= 11 is 0. The van der Waals surface area contributed by atoms with Crippen molar-refractivity contribution >= 4 is 29.8 Å². The first kappa shape index (κ1) is 23.0. The molecule has 2 atom stereocenters. The first-order valence-electron chi connectivity index (χ1n) is 10.9. The second-order valence-corrected chi connectivity index (χ2v) is 10.2. The molecule has 0 radical (unpaired) electrons. The van der Waals surface area contributed by atoms with Gasteiger partial charge in [0.15, 0.2) is 0 Å². The quantitative estimate of drug-likeness (QED) is 0.219. The van der Waals surface area contributed by atoms with E-state index in [1.807, 2.05) is 42.5 Å². The monoisotopic (exact) mass is 463 g/mol. The lowest BCUT2D eigenvalue weighted by Crippen LogP contribution is -2.42. The number of benzene rings is 3. The molecule has 0 aromatic heterocycles. The molecule has 1 aliphatic rings. The lowest BCUT2D eigenvalue weighted by molar-refractivity contribution is -0.160. The first-order chi connectivity index (χ1) is 16.0. The van der Waals surface area contributed by atoms with Crippen LogP contribution in [0.1, 0.15) is 25.5 Å². The smallest absolute Gasteiger partial charge is 0.340 e. The van der Waals surface area contributed by atoms with E-state index in [1.54, 1.807) is 62.4 Å². The predicted molar refractivity (Wildman–Crippen MR) is 127 cm³/mol. The standard InChI is InChI=1S/C26H26NO5P/c1-3-31-24(28)26(25(29)32-4-2)23(20-14-8-5-9-15-20)27(26)33(30,21-16-10-6-11-17-21)22-18-12-7-13-19-22/h5-19,23H,3-4H2,1-2H3. The summed E-state index contributed by atoms with van der Waals surface area (Å²) in [4.78, 5) is 26.9. The average Bonchev–Trinajstić information content (AvgIpc) is 3.58. The van der Waals surface area contributed by atoms with E-state index in [9.17, 15) is 9.59 Å². The van der Waals surface area contributed by atoms with E-state index in [4.69, 9.17) is 9.47 Å². The largest absolute Gasteiger partial charge is 0.464 e. The Morgan fingerprint density at radius 3 is 1.55 bits per heavy atom. The van der Waals surface area contributed by atoms with Gasteiger partial charge < -0.3 is 9.47 Å². The van der Waals surface area contributed by atoms with Crippen LogP contribution in [0.2, 0.25) is 0 Å². The third kappa shape index (κ3) is 3.69. The molecule has 0 spiro atoms. The van der Waals surface area contributed by atoms with Gasteiger partial charge in [-0.05, 0) is 43.7 Å². The number of esters is 2. The lowest BCUT2D eigenvalue weighted by Gasteiger charge is -2.24. The third-order valence-electron chi connectivity index (χ3n) is 5.74. The van der Waals surface area contributed by atoms with E-state index in [2.05, 4.69) is 0 Å². The van der Waals surface area contributed by atoms with E-state index >= 15 is 4.57 Å². The Morgan fingerprint density at radius 1 is 0.758 bits per heavy atom. The van der Waals surface area contributed by atoms with Gasteiger partial charge in [-0.1, -0.05) is 66.7 Å². The highest BCUT2D eigenvalue weighted by molar-refractivity contribution is 7.77. The van der Waals surface area contributed by atoms with Crippen molar-refractivity contribution in [3.05, 3.63) is 96.6 Å². The van der Waals surface area contributed by atoms with Gasteiger partial charge in [0.1, 0.15) is 0 Å². The molecule has 4 rings (SSSR count). The van der Waals surface area contributed by atoms with Gasteiger partial charge in [0.25, 0.3) is 0 Å². The van der Waals surface area contributed by atoms with Gasteiger partial charge in [-0.3, -0.25) is 4.57 Å². The average molecular weight is 463 g/mol. The maximum Gasteiger partial charge on any atom is 0.340 e. The van der Waals surface area contributed by atoms with Crippen LogP contribution in [0, 0.1) is 0 Å². The van der Waals surface area contributed by atoms with Gasteiger partial charge in [-0.2, -0.15) is 0 Å². The minimum Gasteiger partial charge on any atom is -0.464 e. The summed E-state index contributed by atoms with van der Waals surface area (Å²) in [6, 6.07) is 26.2. The van der Waals surface area contributed by atoms with E-state index in [-0.39, 0.29) is 13.2 Å². The number of ether oxygens (including phenoxy) is 2. The van der Waals surface area contributed by atoms with Crippen molar-refractivity contribution in [2.45, 2.75) is 25.4 Å². The Kier molecular flexibility index (Phi) is 6.50. The van der Waals surface area contributed by atoms with Crippen molar-refractivity contribution < 1.29 is 23.6 Å². The van der Waals surface area contributed by atoms with Gasteiger partial charge in [-0.15, -0.1) is 0 Å². The van der Waals surface area contributed by atoms with Crippen LogP contribution in [-0.2, 0) is 23.6 Å². The Balaban J connectivity index is 2.00. The summed E-state index contributed by atoms with van der Waals surface area (Å²) in [6.45, 7) is 3.51. The van der Waals surface area contributed by atoms with Crippen molar-refractivity contribution in [3.63, 3.8) is 0 Å². The molecule has 1 saturated heterocycles. The molecule has 0 aliphatic carbocycles. The highest BCUT2D eigenvalue weighted by atomic mass is 31.2. The summed E-state index contributed by atoms with van der Waals surface area (Å²) in [7, 11) is -3.65. The van der Waals surface area contributed by atoms with Gasteiger partial charge in [0.05, 0.1) is 19.3 Å². The normalized spacial score (nSPS) is 18.8. The number of hydrogen-bond acceptors (Lipinski definition) is 5. The molecule has 0 N–H and O–H groups in total. The van der Waals surface area contributed by atoms with Crippen LogP contribution in [0.15, 0.2) is 91.0 Å². The van der Waals surface area contributed by atoms with Gasteiger partial charge in [0, 0.05) is 10.6 Å². The molecule has 2 unspecified atom stereocenters. The third-order valence-corrected chi connectivity index (χ3v) is 8.89. The van der Waals surface area contributed by atoms with Crippen LogP contribution in [0.25, 0.3) is 0 Å². The van der Waals surface area contributed by atoms with Crippen LogP contribution >= 0.6 is 7.29 Å². The molecule has 0 saturated carbocycles. The second-order valence-electron chi connectivity index (χ2n) is 7.61. The molecule has 1 fully saturated rings. The Labute approximate surface area is 193 Å². The molecule has 3 aromatic carbocycles. The molecular weight excluding hydrogens is 437 g/mol. The zero-order valence-electron chi connectivity index (χ0n) is 18.6. The molecule has 3 aromatic rings. The molecule has 170 valence electrons. The summed E-state index contributed by atoms with van der Waals surface area (Å²) in [5.74, 6) is -1.52. The van der Waals surface area contributed by atoms with Gasteiger partial charge in [-0.25, -0.2) is 14.3 Å².